The highest BCUT2D eigenvalue weighted by atomic mass is 16.3. The summed E-state index contributed by atoms with van der Waals surface area (Å²) in [4.78, 5) is 12.0. The number of rotatable bonds is 4. The van der Waals surface area contributed by atoms with E-state index in [1.807, 2.05) is 0 Å². The van der Waals surface area contributed by atoms with Crippen molar-refractivity contribution in [2.45, 2.75) is 38.1 Å². The lowest BCUT2D eigenvalue weighted by Crippen LogP contribution is -2.37. The summed E-state index contributed by atoms with van der Waals surface area (Å²) in [6.07, 6.45) is 4.72. The molecule has 2 rings (SSSR count). The molecule has 2 N–H and O–H groups in total. The molecular formula is C15H18N2O2. The number of nitrogens with zero attached hydrogens (tertiary/aromatic N) is 1. The van der Waals surface area contributed by atoms with Crippen LogP contribution >= 0.6 is 0 Å². The van der Waals surface area contributed by atoms with Crippen LogP contribution in [0, 0.1) is 17.2 Å². The average Bonchev–Trinajstić information content (AvgIpc) is 2.90. The average molecular weight is 258 g/mol. The van der Waals surface area contributed by atoms with Crippen LogP contribution in [0.25, 0.3) is 0 Å². The normalized spacial score (nSPS) is 16.8. The minimum absolute atomic E-state index is 0.178. The van der Waals surface area contributed by atoms with Gasteiger partial charge in [-0.3, -0.25) is 4.79 Å². The first-order valence-electron chi connectivity index (χ1n) is 6.67. The van der Waals surface area contributed by atoms with E-state index in [9.17, 15) is 9.90 Å². The van der Waals surface area contributed by atoms with Gasteiger partial charge in [-0.2, -0.15) is 5.26 Å². The third-order valence-electron chi connectivity index (χ3n) is 3.55. The van der Waals surface area contributed by atoms with Crippen molar-refractivity contribution in [3.05, 3.63) is 29.8 Å². The highest BCUT2D eigenvalue weighted by Gasteiger charge is 2.23. The van der Waals surface area contributed by atoms with Crippen molar-refractivity contribution in [2.75, 3.05) is 0 Å². The molecule has 1 unspecified atom stereocenters. The Labute approximate surface area is 113 Å². The summed E-state index contributed by atoms with van der Waals surface area (Å²) in [6, 6.07) is 8.92. The van der Waals surface area contributed by atoms with Gasteiger partial charge < -0.3 is 10.4 Å². The number of amides is 1. The minimum Gasteiger partial charge on any atom is -0.508 e. The van der Waals surface area contributed by atoms with E-state index in [2.05, 4.69) is 11.4 Å². The number of phenolic OH excluding ortho intramolecular Hbond substituents is 1. The lowest BCUT2D eigenvalue weighted by Gasteiger charge is -2.15. The van der Waals surface area contributed by atoms with Crippen molar-refractivity contribution >= 4 is 5.91 Å². The monoisotopic (exact) mass is 258 g/mol. The zero-order chi connectivity index (χ0) is 13.7. The van der Waals surface area contributed by atoms with Crippen molar-refractivity contribution in [1.82, 2.24) is 5.32 Å². The molecule has 1 fully saturated rings. The Kier molecular flexibility index (Phi) is 4.40. The highest BCUT2D eigenvalue weighted by Crippen LogP contribution is 2.19. The fourth-order valence-electron chi connectivity index (χ4n) is 2.44. The molecular weight excluding hydrogens is 240 g/mol. The third kappa shape index (κ3) is 3.72. The van der Waals surface area contributed by atoms with Crippen molar-refractivity contribution in [2.24, 2.45) is 5.92 Å². The number of hydrogen-bond acceptors (Lipinski definition) is 3. The van der Waals surface area contributed by atoms with Gasteiger partial charge in [-0.25, -0.2) is 0 Å². The zero-order valence-electron chi connectivity index (χ0n) is 10.8. The molecule has 0 aromatic heterocycles. The number of aromatic hydroxyl groups is 1. The quantitative estimate of drug-likeness (QED) is 0.869. The summed E-state index contributed by atoms with van der Waals surface area (Å²) in [5.41, 5.74) is 0.880. The standard InChI is InChI=1S/C15H18N2O2/c16-10-12(9-11-5-7-14(18)8-6-11)15(19)17-13-3-1-2-4-13/h5-8,12-13,18H,1-4,9H2,(H,17,19). The molecule has 0 heterocycles. The van der Waals surface area contributed by atoms with Gasteiger partial charge in [-0.05, 0) is 37.0 Å². The Morgan fingerprint density at radius 2 is 2.00 bits per heavy atom. The number of benzene rings is 1. The smallest absolute Gasteiger partial charge is 0.237 e. The number of nitriles is 1. The molecule has 1 aromatic carbocycles. The van der Waals surface area contributed by atoms with Crippen LogP contribution in [0.3, 0.4) is 0 Å². The third-order valence-corrected chi connectivity index (χ3v) is 3.55. The van der Waals surface area contributed by atoms with Crippen LogP contribution in [0.2, 0.25) is 0 Å². The highest BCUT2D eigenvalue weighted by molar-refractivity contribution is 5.81. The first kappa shape index (κ1) is 13.4. The van der Waals surface area contributed by atoms with E-state index < -0.39 is 5.92 Å². The van der Waals surface area contributed by atoms with E-state index in [4.69, 9.17) is 5.26 Å². The van der Waals surface area contributed by atoms with Crippen LogP contribution in [0.5, 0.6) is 5.75 Å². The molecule has 19 heavy (non-hydrogen) atoms. The van der Waals surface area contributed by atoms with Gasteiger partial charge >= 0.3 is 0 Å². The van der Waals surface area contributed by atoms with E-state index in [1.54, 1.807) is 24.3 Å². The van der Waals surface area contributed by atoms with Crippen LogP contribution in [0.15, 0.2) is 24.3 Å². The number of carbonyl (C=O) groups is 1. The van der Waals surface area contributed by atoms with E-state index in [0.717, 1.165) is 31.2 Å². The van der Waals surface area contributed by atoms with E-state index >= 15 is 0 Å². The zero-order valence-corrected chi connectivity index (χ0v) is 10.8. The van der Waals surface area contributed by atoms with Crippen molar-refractivity contribution in [3.8, 4) is 11.8 Å². The second kappa shape index (κ2) is 6.24. The van der Waals surface area contributed by atoms with E-state index in [-0.39, 0.29) is 17.7 Å². The van der Waals surface area contributed by atoms with Gasteiger partial charge in [-0.1, -0.05) is 25.0 Å². The maximum atomic E-state index is 12.0. The van der Waals surface area contributed by atoms with Gasteiger partial charge in [-0.15, -0.1) is 0 Å². The Morgan fingerprint density at radius 1 is 1.37 bits per heavy atom. The largest absolute Gasteiger partial charge is 0.508 e. The summed E-state index contributed by atoms with van der Waals surface area (Å²) < 4.78 is 0. The van der Waals surface area contributed by atoms with Gasteiger partial charge in [0.05, 0.1) is 6.07 Å². The lowest BCUT2D eigenvalue weighted by molar-refractivity contribution is -0.124. The van der Waals surface area contributed by atoms with Gasteiger partial charge in [0.2, 0.25) is 5.91 Å². The Morgan fingerprint density at radius 3 is 2.58 bits per heavy atom. The molecule has 0 saturated heterocycles. The molecule has 4 nitrogen and oxygen atoms in total. The topological polar surface area (TPSA) is 73.1 Å². The van der Waals surface area contributed by atoms with Gasteiger partial charge in [0, 0.05) is 6.04 Å². The van der Waals surface area contributed by atoms with Crippen molar-refractivity contribution in [1.29, 1.82) is 5.26 Å². The first-order valence-corrected chi connectivity index (χ1v) is 6.67. The SMILES string of the molecule is N#CC(Cc1ccc(O)cc1)C(=O)NC1CCCC1. The fourth-order valence-corrected chi connectivity index (χ4v) is 2.44. The van der Waals surface area contributed by atoms with Crippen LogP contribution in [0.1, 0.15) is 31.2 Å². The van der Waals surface area contributed by atoms with Crippen molar-refractivity contribution in [3.63, 3.8) is 0 Å². The molecule has 1 atom stereocenters. The Balaban J connectivity index is 1.93. The second-order valence-corrected chi connectivity index (χ2v) is 5.04. The van der Waals surface area contributed by atoms with Crippen LogP contribution in [0.4, 0.5) is 0 Å². The molecule has 4 heteroatoms. The molecule has 0 spiro atoms. The predicted octanol–water partition coefficient (Wildman–Crippen LogP) is 2.13. The maximum Gasteiger partial charge on any atom is 0.237 e. The molecule has 1 saturated carbocycles. The maximum absolute atomic E-state index is 12.0. The van der Waals surface area contributed by atoms with Gasteiger partial charge in [0.15, 0.2) is 0 Å². The minimum atomic E-state index is -0.662. The molecule has 0 aliphatic heterocycles. The number of nitrogens with one attached hydrogen (secondary N) is 1. The molecule has 0 bridgehead atoms. The summed E-state index contributed by atoms with van der Waals surface area (Å²) in [5, 5.41) is 21.3. The molecule has 0 radical (unpaired) electrons. The first-order chi connectivity index (χ1) is 9.19. The fraction of sp³-hybridized carbons (Fsp3) is 0.467. The summed E-state index contributed by atoms with van der Waals surface area (Å²) in [5.74, 6) is -0.653. The van der Waals surface area contributed by atoms with Crippen LogP contribution < -0.4 is 5.32 Å². The lowest BCUT2D eigenvalue weighted by atomic mass is 9.99. The second-order valence-electron chi connectivity index (χ2n) is 5.04. The number of carbonyl (C=O) groups excluding carboxylic acids is 1. The van der Waals surface area contributed by atoms with E-state index in [0.29, 0.717) is 6.42 Å². The predicted molar refractivity (Wildman–Crippen MR) is 71.3 cm³/mol. The van der Waals surface area contributed by atoms with Crippen LogP contribution in [-0.4, -0.2) is 17.1 Å². The van der Waals surface area contributed by atoms with Gasteiger partial charge in [0.25, 0.3) is 0 Å². The molecule has 1 aliphatic rings. The Bertz CT molecular complexity index is 470. The molecule has 100 valence electrons. The van der Waals surface area contributed by atoms with Gasteiger partial charge in [0.1, 0.15) is 11.7 Å². The van der Waals surface area contributed by atoms with Crippen molar-refractivity contribution < 1.29 is 9.90 Å². The molecule has 1 amide bonds. The Hall–Kier alpha value is -2.02. The number of phenols is 1. The molecule has 1 aromatic rings. The summed E-state index contributed by atoms with van der Waals surface area (Å²) >= 11 is 0. The number of hydrogen-bond donors (Lipinski definition) is 2. The summed E-state index contributed by atoms with van der Waals surface area (Å²) in [6.45, 7) is 0. The van der Waals surface area contributed by atoms with Crippen LogP contribution in [-0.2, 0) is 11.2 Å². The summed E-state index contributed by atoms with van der Waals surface area (Å²) in [7, 11) is 0. The van der Waals surface area contributed by atoms with E-state index in [1.165, 1.54) is 0 Å². The molecule has 1 aliphatic carbocycles.